The molecule has 1 aliphatic heterocycles. The summed E-state index contributed by atoms with van der Waals surface area (Å²) in [5, 5.41) is 12.5. The monoisotopic (exact) mass is 348 g/mol. The fourth-order valence-corrected chi connectivity index (χ4v) is 4.26. The van der Waals surface area contributed by atoms with E-state index in [2.05, 4.69) is 16.0 Å². The van der Waals surface area contributed by atoms with Gasteiger partial charge in [-0.25, -0.2) is 4.98 Å². The summed E-state index contributed by atoms with van der Waals surface area (Å²) in [6, 6.07) is 2.42. The van der Waals surface area contributed by atoms with E-state index in [1.165, 1.54) is 0 Å². The van der Waals surface area contributed by atoms with Crippen molar-refractivity contribution in [3.63, 3.8) is 0 Å². The number of morpholine rings is 1. The first kappa shape index (κ1) is 17.3. The lowest BCUT2D eigenvalue weighted by Crippen LogP contribution is -2.53. The minimum atomic E-state index is -0.615. The average molecular weight is 348 g/mol. The van der Waals surface area contributed by atoms with Crippen LogP contribution in [-0.2, 0) is 9.53 Å². The van der Waals surface area contributed by atoms with Crippen LogP contribution in [-0.4, -0.2) is 59.5 Å². The Morgan fingerprint density at radius 3 is 3.00 bits per heavy atom. The molecule has 0 spiro atoms. The Bertz CT molecular complexity index is 592. The predicted molar refractivity (Wildman–Crippen MR) is 91.4 cm³/mol. The van der Waals surface area contributed by atoms with Crippen LogP contribution in [0.4, 0.5) is 0 Å². The largest absolute Gasteiger partial charge is 0.368 e. The maximum absolute atomic E-state index is 12.7. The number of likely N-dealkylation sites (N-methyl/N-ethyl adjacent to an activating group) is 1. The number of amides is 1. The van der Waals surface area contributed by atoms with E-state index in [9.17, 15) is 10.1 Å². The van der Waals surface area contributed by atoms with Gasteiger partial charge in [-0.1, -0.05) is 19.3 Å². The zero-order chi connectivity index (χ0) is 17.0. The number of carbonyl (C=O) groups excluding carboxylic acids is 1. The van der Waals surface area contributed by atoms with Crippen LogP contribution in [0.1, 0.15) is 43.2 Å². The molecule has 1 aromatic heterocycles. The normalized spacial score (nSPS) is 24.2. The first-order chi connectivity index (χ1) is 11.6. The van der Waals surface area contributed by atoms with Crippen molar-refractivity contribution in [2.45, 2.75) is 43.7 Å². The Kier molecular flexibility index (Phi) is 5.49. The van der Waals surface area contributed by atoms with Gasteiger partial charge in [0.15, 0.2) is 0 Å². The summed E-state index contributed by atoms with van der Waals surface area (Å²) < 4.78 is 5.78. The van der Waals surface area contributed by atoms with Crippen molar-refractivity contribution in [1.82, 2.24) is 14.8 Å². The third-order valence-electron chi connectivity index (χ3n) is 5.14. The van der Waals surface area contributed by atoms with Gasteiger partial charge < -0.3 is 9.64 Å². The molecule has 0 bridgehead atoms. The lowest BCUT2D eigenvalue weighted by atomic mass is 9.81. The van der Waals surface area contributed by atoms with Crippen molar-refractivity contribution in [3.8, 4) is 6.07 Å². The Morgan fingerprint density at radius 1 is 1.54 bits per heavy atom. The van der Waals surface area contributed by atoms with Crippen LogP contribution < -0.4 is 0 Å². The number of rotatable bonds is 4. The number of hydrogen-bond donors (Lipinski definition) is 0. The second-order valence-corrected chi connectivity index (χ2v) is 7.55. The number of nitriles is 1. The molecule has 1 saturated heterocycles. The molecule has 1 aliphatic carbocycles. The van der Waals surface area contributed by atoms with Crippen molar-refractivity contribution < 1.29 is 9.53 Å². The van der Waals surface area contributed by atoms with Gasteiger partial charge in [0, 0.05) is 31.7 Å². The quantitative estimate of drug-likeness (QED) is 0.834. The van der Waals surface area contributed by atoms with Crippen LogP contribution in [0.3, 0.4) is 0 Å². The topological polar surface area (TPSA) is 69.5 Å². The van der Waals surface area contributed by atoms with E-state index in [1.807, 2.05) is 5.38 Å². The Morgan fingerprint density at radius 2 is 2.33 bits per heavy atom. The molecule has 7 heteroatoms. The zero-order valence-electron chi connectivity index (χ0n) is 14.1. The Hall–Kier alpha value is -1.49. The molecule has 3 rings (SSSR count). The highest BCUT2D eigenvalue weighted by atomic mass is 32.1. The van der Waals surface area contributed by atoms with Gasteiger partial charge in [-0.15, -0.1) is 11.3 Å². The number of thiazole rings is 1. The van der Waals surface area contributed by atoms with Gasteiger partial charge in [-0.05, 0) is 12.8 Å². The lowest BCUT2D eigenvalue weighted by Gasteiger charge is -2.40. The van der Waals surface area contributed by atoms with Gasteiger partial charge in [-0.2, -0.15) is 5.26 Å². The third kappa shape index (κ3) is 3.61. The van der Waals surface area contributed by atoms with Gasteiger partial charge in [0.1, 0.15) is 16.7 Å². The molecule has 1 saturated carbocycles. The van der Waals surface area contributed by atoms with E-state index < -0.39 is 5.54 Å². The van der Waals surface area contributed by atoms with E-state index >= 15 is 0 Å². The van der Waals surface area contributed by atoms with Crippen molar-refractivity contribution in [1.29, 1.82) is 5.26 Å². The van der Waals surface area contributed by atoms with E-state index in [-0.39, 0.29) is 12.0 Å². The SMILES string of the molecule is CN(C(=O)CN1CCO[C@H](c2nccs2)C1)C1(C#N)CCCCC1. The summed E-state index contributed by atoms with van der Waals surface area (Å²) in [5.41, 5.74) is -0.615. The van der Waals surface area contributed by atoms with Crippen molar-refractivity contribution >= 4 is 17.2 Å². The second kappa shape index (κ2) is 7.60. The molecule has 2 heterocycles. The first-order valence-corrected chi connectivity index (χ1v) is 9.44. The highest BCUT2D eigenvalue weighted by molar-refractivity contribution is 7.09. The molecule has 2 fully saturated rings. The maximum Gasteiger partial charge on any atom is 0.237 e. The van der Waals surface area contributed by atoms with Gasteiger partial charge in [0.05, 0.1) is 19.2 Å². The van der Waals surface area contributed by atoms with Gasteiger partial charge in [0.2, 0.25) is 5.91 Å². The highest BCUT2D eigenvalue weighted by Gasteiger charge is 2.39. The molecule has 0 N–H and O–H groups in total. The van der Waals surface area contributed by atoms with Crippen LogP contribution in [0.5, 0.6) is 0 Å². The van der Waals surface area contributed by atoms with Crippen molar-refractivity contribution in [2.24, 2.45) is 0 Å². The van der Waals surface area contributed by atoms with Crippen LogP contribution in [0.2, 0.25) is 0 Å². The first-order valence-electron chi connectivity index (χ1n) is 8.56. The lowest BCUT2D eigenvalue weighted by molar-refractivity contribution is -0.138. The minimum absolute atomic E-state index is 0.0261. The molecule has 1 aromatic rings. The van der Waals surface area contributed by atoms with Crippen LogP contribution in [0.25, 0.3) is 0 Å². The number of aromatic nitrogens is 1. The maximum atomic E-state index is 12.7. The summed E-state index contributed by atoms with van der Waals surface area (Å²) in [6.45, 7) is 2.35. The smallest absolute Gasteiger partial charge is 0.237 e. The van der Waals surface area contributed by atoms with Gasteiger partial charge in [-0.3, -0.25) is 9.69 Å². The second-order valence-electron chi connectivity index (χ2n) is 6.62. The number of carbonyl (C=O) groups is 1. The molecule has 24 heavy (non-hydrogen) atoms. The van der Waals surface area contributed by atoms with E-state index in [0.29, 0.717) is 19.7 Å². The molecular weight excluding hydrogens is 324 g/mol. The summed E-state index contributed by atoms with van der Waals surface area (Å²) in [7, 11) is 1.79. The average Bonchev–Trinajstić information content (AvgIpc) is 3.16. The number of nitrogens with zero attached hydrogens (tertiary/aromatic N) is 4. The molecular formula is C17H24N4O2S. The van der Waals surface area contributed by atoms with Crippen LogP contribution >= 0.6 is 11.3 Å². The fraction of sp³-hybridized carbons (Fsp3) is 0.706. The molecule has 6 nitrogen and oxygen atoms in total. The molecule has 1 atom stereocenters. The molecule has 0 radical (unpaired) electrons. The van der Waals surface area contributed by atoms with E-state index in [1.54, 1.807) is 29.5 Å². The minimum Gasteiger partial charge on any atom is -0.368 e. The van der Waals surface area contributed by atoms with Crippen molar-refractivity contribution in [3.05, 3.63) is 16.6 Å². The van der Waals surface area contributed by atoms with Gasteiger partial charge in [0.25, 0.3) is 0 Å². The zero-order valence-corrected chi connectivity index (χ0v) is 14.9. The molecule has 130 valence electrons. The van der Waals surface area contributed by atoms with Crippen molar-refractivity contribution in [2.75, 3.05) is 33.3 Å². The molecule has 0 aromatic carbocycles. The van der Waals surface area contributed by atoms with Gasteiger partial charge >= 0.3 is 0 Å². The summed E-state index contributed by atoms with van der Waals surface area (Å²) >= 11 is 1.58. The molecule has 2 aliphatic rings. The predicted octanol–water partition coefficient (Wildman–Crippen LogP) is 2.20. The number of ether oxygens (including phenoxy) is 1. The molecule has 1 amide bonds. The third-order valence-corrected chi connectivity index (χ3v) is 6.01. The summed E-state index contributed by atoms with van der Waals surface area (Å²) in [6.07, 6.45) is 6.50. The Balaban J connectivity index is 1.60. The summed E-state index contributed by atoms with van der Waals surface area (Å²) in [5.74, 6) is 0.0261. The van der Waals surface area contributed by atoms with E-state index in [4.69, 9.17) is 4.74 Å². The van der Waals surface area contributed by atoms with E-state index in [0.717, 1.165) is 43.7 Å². The van der Waals surface area contributed by atoms with Crippen LogP contribution in [0.15, 0.2) is 11.6 Å². The fourth-order valence-electron chi connectivity index (χ4n) is 3.58. The standard InChI is InChI=1S/C17H24N4O2S/c1-20(17(13-18)5-3-2-4-6-17)15(22)12-21-8-9-23-14(11-21)16-19-7-10-24-16/h7,10,14H,2-6,8-9,11-12H2,1H3/t14-/m0/s1. The Labute approximate surface area is 147 Å². The number of hydrogen-bond acceptors (Lipinski definition) is 6. The highest BCUT2D eigenvalue weighted by Crippen LogP contribution is 2.32. The molecule has 0 unspecified atom stereocenters. The summed E-state index contributed by atoms with van der Waals surface area (Å²) in [4.78, 5) is 20.9. The van der Waals surface area contributed by atoms with Crippen LogP contribution in [0, 0.1) is 11.3 Å².